The molecule has 25 heavy (non-hydrogen) atoms. The van der Waals surface area contributed by atoms with Gasteiger partial charge < -0.3 is 9.72 Å². The highest BCUT2D eigenvalue weighted by Gasteiger charge is 2.20. The van der Waals surface area contributed by atoms with Crippen molar-refractivity contribution in [2.75, 3.05) is 6.61 Å². The number of benzene rings is 1. The lowest BCUT2D eigenvalue weighted by Crippen LogP contribution is -2.20. The molecule has 6 nitrogen and oxygen atoms in total. The highest BCUT2D eigenvalue weighted by Crippen LogP contribution is 2.19. The van der Waals surface area contributed by atoms with Crippen LogP contribution in [-0.2, 0) is 4.74 Å². The molecule has 2 rings (SSSR count). The van der Waals surface area contributed by atoms with Gasteiger partial charge in [0.2, 0.25) is 0 Å². The first-order valence-electron chi connectivity index (χ1n) is 7.82. The van der Waals surface area contributed by atoms with Gasteiger partial charge in [-0.15, -0.1) is 0 Å². The Labute approximate surface area is 145 Å². The van der Waals surface area contributed by atoms with E-state index in [4.69, 9.17) is 4.74 Å². The maximum atomic E-state index is 13.6. The minimum Gasteiger partial charge on any atom is -0.462 e. The van der Waals surface area contributed by atoms with Crippen molar-refractivity contribution in [3.05, 3.63) is 58.2 Å². The number of nitrogens with one attached hydrogen (secondary N) is 2. The first-order valence-corrected chi connectivity index (χ1v) is 7.82. The second-order valence-electron chi connectivity index (χ2n) is 5.46. The first-order chi connectivity index (χ1) is 11.9. The zero-order valence-corrected chi connectivity index (χ0v) is 14.6. The fourth-order valence-corrected chi connectivity index (χ4v) is 2.52. The number of carbonyl (C=O) groups excluding carboxylic acids is 2. The van der Waals surface area contributed by atoms with Crippen LogP contribution in [0.15, 0.2) is 29.4 Å². The molecule has 2 N–H and O–H groups in total. The number of carbonyl (C=O) groups is 2. The minimum absolute atomic E-state index is 0.0920. The standard InChI is InChI=1S/C18H20FN3O3/c1-5-25-18(24)15-10(2)16(20-11(15)3)12(4)21-22-17(23)13-8-6-7-9-14(13)19/h6-9,20H,5H2,1-4H3,(H,22,23)/b21-12+. The predicted octanol–water partition coefficient (Wildman–Crippen LogP) is 3.10. The third kappa shape index (κ3) is 3.93. The summed E-state index contributed by atoms with van der Waals surface area (Å²) in [7, 11) is 0. The number of esters is 1. The number of hydrogen-bond donors (Lipinski definition) is 2. The van der Waals surface area contributed by atoms with E-state index in [1.54, 1.807) is 33.8 Å². The van der Waals surface area contributed by atoms with E-state index in [2.05, 4.69) is 15.5 Å². The Morgan fingerprint density at radius 3 is 2.60 bits per heavy atom. The molecule has 0 aliphatic rings. The molecule has 7 heteroatoms. The molecule has 0 fully saturated rings. The van der Waals surface area contributed by atoms with Crippen molar-refractivity contribution in [3.8, 4) is 0 Å². The van der Waals surface area contributed by atoms with Gasteiger partial charge in [-0.1, -0.05) is 12.1 Å². The summed E-state index contributed by atoms with van der Waals surface area (Å²) in [6.45, 7) is 7.22. The van der Waals surface area contributed by atoms with Crippen LogP contribution in [0.5, 0.6) is 0 Å². The number of hydrogen-bond acceptors (Lipinski definition) is 4. The van der Waals surface area contributed by atoms with Crippen molar-refractivity contribution >= 4 is 17.6 Å². The summed E-state index contributed by atoms with van der Waals surface area (Å²) >= 11 is 0. The Morgan fingerprint density at radius 1 is 1.28 bits per heavy atom. The molecule has 1 heterocycles. The fraction of sp³-hybridized carbons (Fsp3) is 0.278. The maximum Gasteiger partial charge on any atom is 0.340 e. The van der Waals surface area contributed by atoms with Gasteiger partial charge in [-0.3, -0.25) is 4.79 Å². The van der Waals surface area contributed by atoms with Crippen LogP contribution >= 0.6 is 0 Å². The summed E-state index contributed by atoms with van der Waals surface area (Å²) in [5.41, 5.74) is 5.08. The van der Waals surface area contributed by atoms with Crippen molar-refractivity contribution < 1.29 is 18.7 Å². The third-order valence-corrected chi connectivity index (χ3v) is 3.72. The molecule has 0 radical (unpaired) electrons. The lowest BCUT2D eigenvalue weighted by atomic mass is 10.1. The van der Waals surface area contributed by atoms with Crippen LogP contribution in [0.3, 0.4) is 0 Å². The third-order valence-electron chi connectivity index (χ3n) is 3.72. The van der Waals surface area contributed by atoms with Gasteiger partial charge in [0.05, 0.1) is 29.1 Å². The molecule has 0 bridgehead atoms. The van der Waals surface area contributed by atoms with E-state index >= 15 is 0 Å². The fourth-order valence-electron chi connectivity index (χ4n) is 2.52. The van der Waals surface area contributed by atoms with Gasteiger partial charge in [0, 0.05) is 5.69 Å². The molecule has 0 aliphatic heterocycles. The second-order valence-corrected chi connectivity index (χ2v) is 5.46. The monoisotopic (exact) mass is 345 g/mol. The van der Waals surface area contributed by atoms with Gasteiger partial charge in [-0.25, -0.2) is 14.6 Å². The summed E-state index contributed by atoms with van der Waals surface area (Å²) in [5, 5.41) is 4.00. The molecule has 0 spiro atoms. The van der Waals surface area contributed by atoms with E-state index in [1.165, 1.54) is 18.2 Å². The highest BCUT2D eigenvalue weighted by molar-refractivity contribution is 6.04. The van der Waals surface area contributed by atoms with Crippen LogP contribution in [0.1, 0.15) is 51.5 Å². The second kappa shape index (κ2) is 7.74. The quantitative estimate of drug-likeness (QED) is 0.496. The Balaban J connectivity index is 2.23. The van der Waals surface area contributed by atoms with Crippen molar-refractivity contribution in [1.29, 1.82) is 0 Å². The van der Waals surface area contributed by atoms with Crippen molar-refractivity contribution in [2.24, 2.45) is 5.10 Å². The zero-order chi connectivity index (χ0) is 18.6. The molecular formula is C18H20FN3O3. The van der Waals surface area contributed by atoms with Gasteiger partial charge in [0.15, 0.2) is 0 Å². The average Bonchev–Trinajstić information content (AvgIpc) is 2.87. The van der Waals surface area contributed by atoms with Crippen LogP contribution in [0.25, 0.3) is 0 Å². The van der Waals surface area contributed by atoms with E-state index in [0.29, 0.717) is 28.2 Å². The highest BCUT2D eigenvalue weighted by atomic mass is 19.1. The van der Waals surface area contributed by atoms with Crippen LogP contribution in [0.4, 0.5) is 4.39 Å². The Kier molecular flexibility index (Phi) is 5.69. The Morgan fingerprint density at radius 2 is 1.96 bits per heavy atom. The molecule has 1 aromatic carbocycles. The van der Waals surface area contributed by atoms with Crippen molar-refractivity contribution in [3.63, 3.8) is 0 Å². The maximum absolute atomic E-state index is 13.6. The number of aryl methyl sites for hydroxylation is 1. The largest absolute Gasteiger partial charge is 0.462 e. The predicted molar refractivity (Wildman–Crippen MR) is 92.3 cm³/mol. The van der Waals surface area contributed by atoms with Gasteiger partial charge in [-0.2, -0.15) is 5.10 Å². The molecule has 0 atom stereocenters. The summed E-state index contributed by atoms with van der Waals surface area (Å²) in [5.74, 6) is -1.68. The number of aromatic nitrogens is 1. The summed E-state index contributed by atoms with van der Waals surface area (Å²) in [6.07, 6.45) is 0. The summed E-state index contributed by atoms with van der Waals surface area (Å²) < 4.78 is 18.6. The number of rotatable bonds is 5. The molecule has 0 saturated heterocycles. The molecule has 0 saturated carbocycles. The number of halogens is 1. The first kappa shape index (κ1) is 18.4. The molecule has 1 aromatic heterocycles. The minimum atomic E-state index is -0.649. The van der Waals surface area contributed by atoms with Gasteiger partial charge >= 0.3 is 5.97 Å². The molecule has 0 aliphatic carbocycles. The normalized spacial score (nSPS) is 11.3. The van der Waals surface area contributed by atoms with E-state index in [-0.39, 0.29) is 12.2 Å². The number of nitrogens with zero attached hydrogens (tertiary/aromatic N) is 1. The Hall–Kier alpha value is -2.96. The smallest absolute Gasteiger partial charge is 0.340 e. The lowest BCUT2D eigenvalue weighted by Gasteiger charge is -2.04. The van der Waals surface area contributed by atoms with E-state index in [1.807, 2.05) is 0 Å². The van der Waals surface area contributed by atoms with Crippen LogP contribution < -0.4 is 5.43 Å². The number of H-pyrrole nitrogens is 1. The lowest BCUT2D eigenvalue weighted by molar-refractivity contribution is 0.0524. The van der Waals surface area contributed by atoms with Crippen LogP contribution in [0, 0.1) is 19.7 Å². The van der Waals surface area contributed by atoms with Crippen molar-refractivity contribution in [1.82, 2.24) is 10.4 Å². The van der Waals surface area contributed by atoms with Gasteiger partial charge in [-0.05, 0) is 45.4 Å². The average molecular weight is 345 g/mol. The summed E-state index contributed by atoms with van der Waals surface area (Å²) in [6, 6.07) is 5.65. The number of amides is 1. The number of aromatic amines is 1. The van der Waals surface area contributed by atoms with Crippen LogP contribution in [0.2, 0.25) is 0 Å². The molecular weight excluding hydrogens is 325 g/mol. The van der Waals surface area contributed by atoms with Gasteiger partial charge in [0.25, 0.3) is 5.91 Å². The zero-order valence-electron chi connectivity index (χ0n) is 14.6. The molecule has 132 valence electrons. The topological polar surface area (TPSA) is 83.6 Å². The van der Waals surface area contributed by atoms with E-state index in [9.17, 15) is 14.0 Å². The SMILES string of the molecule is CCOC(=O)c1c(C)[nH]c(/C(C)=N/NC(=O)c2ccccc2F)c1C. The molecule has 0 unspecified atom stereocenters. The van der Waals surface area contributed by atoms with E-state index in [0.717, 1.165) is 0 Å². The number of ether oxygens (including phenoxy) is 1. The molecule has 2 aromatic rings. The van der Waals surface area contributed by atoms with Gasteiger partial charge in [0.1, 0.15) is 5.82 Å². The van der Waals surface area contributed by atoms with Crippen LogP contribution in [-0.4, -0.2) is 29.2 Å². The van der Waals surface area contributed by atoms with E-state index < -0.39 is 17.7 Å². The molecule has 1 amide bonds. The van der Waals surface area contributed by atoms with Crippen molar-refractivity contribution in [2.45, 2.75) is 27.7 Å². The summed E-state index contributed by atoms with van der Waals surface area (Å²) in [4.78, 5) is 27.1. The Bertz CT molecular complexity index is 840. The number of hydrazone groups is 1.